The lowest BCUT2D eigenvalue weighted by Crippen LogP contribution is -2.35. The molecule has 5 heteroatoms. The van der Waals surface area contributed by atoms with Gasteiger partial charge in [-0.05, 0) is 26.7 Å². The lowest BCUT2D eigenvalue weighted by atomic mass is 10.1. The fraction of sp³-hybridized carbons (Fsp3) is 0.615. The van der Waals surface area contributed by atoms with Crippen LogP contribution in [0.25, 0.3) is 0 Å². The summed E-state index contributed by atoms with van der Waals surface area (Å²) in [6.07, 6.45) is 2.75. The van der Waals surface area contributed by atoms with Crippen molar-refractivity contribution in [2.24, 2.45) is 0 Å². The molecule has 1 amide bonds. The van der Waals surface area contributed by atoms with E-state index in [2.05, 4.69) is 15.3 Å². The molecule has 1 saturated heterocycles. The highest BCUT2D eigenvalue weighted by atomic mass is 16.2. The Morgan fingerprint density at radius 3 is 2.94 bits per heavy atom. The van der Waals surface area contributed by atoms with Gasteiger partial charge in [-0.25, -0.2) is 9.97 Å². The van der Waals surface area contributed by atoms with Crippen LogP contribution in [0.5, 0.6) is 0 Å². The Hall–Kier alpha value is -1.65. The van der Waals surface area contributed by atoms with Crippen LogP contribution >= 0.6 is 0 Å². The van der Waals surface area contributed by atoms with E-state index < -0.39 is 0 Å². The molecule has 0 aromatic carbocycles. The van der Waals surface area contributed by atoms with E-state index in [1.54, 1.807) is 0 Å². The van der Waals surface area contributed by atoms with Crippen molar-refractivity contribution in [3.63, 3.8) is 0 Å². The molecular formula is C13H20N4O. The minimum atomic E-state index is 0.219. The molecular weight excluding hydrogens is 228 g/mol. The SMILES string of the molecule is CCNc1cc(C)nc(CN2CCCCC2=O)n1. The summed E-state index contributed by atoms with van der Waals surface area (Å²) in [5, 5.41) is 3.18. The van der Waals surface area contributed by atoms with Crippen molar-refractivity contribution in [2.45, 2.75) is 39.7 Å². The van der Waals surface area contributed by atoms with Gasteiger partial charge < -0.3 is 10.2 Å². The summed E-state index contributed by atoms with van der Waals surface area (Å²) in [6, 6.07) is 1.92. The van der Waals surface area contributed by atoms with Crippen LogP contribution in [0.2, 0.25) is 0 Å². The van der Waals surface area contributed by atoms with Gasteiger partial charge in [0, 0.05) is 31.3 Å². The number of rotatable bonds is 4. The first-order valence-electron chi connectivity index (χ1n) is 6.55. The van der Waals surface area contributed by atoms with E-state index in [0.717, 1.165) is 43.3 Å². The van der Waals surface area contributed by atoms with Crippen LogP contribution in [0.1, 0.15) is 37.7 Å². The van der Waals surface area contributed by atoms with Gasteiger partial charge in [-0.3, -0.25) is 4.79 Å². The highest BCUT2D eigenvalue weighted by Gasteiger charge is 2.19. The lowest BCUT2D eigenvalue weighted by molar-refractivity contribution is -0.134. The maximum atomic E-state index is 11.7. The van der Waals surface area contributed by atoms with Crippen LogP contribution in [0.3, 0.4) is 0 Å². The summed E-state index contributed by atoms with van der Waals surface area (Å²) in [5.41, 5.74) is 0.931. The lowest BCUT2D eigenvalue weighted by Gasteiger charge is -2.26. The number of aryl methyl sites for hydroxylation is 1. The number of nitrogens with one attached hydrogen (secondary N) is 1. The second-order valence-corrected chi connectivity index (χ2v) is 4.61. The van der Waals surface area contributed by atoms with Gasteiger partial charge in [0.05, 0.1) is 6.54 Å². The summed E-state index contributed by atoms with van der Waals surface area (Å²) in [4.78, 5) is 22.4. The molecule has 0 bridgehead atoms. The van der Waals surface area contributed by atoms with E-state index in [1.807, 2.05) is 24.8 Å². The molecule has 2 rings (SSSR count). The maximum absolute atomic E-state index is 11.7. The second-order valence-electron chi connectivity index (χ2n) is 4.61. The van der Waals surface area contributed by atoms with Gasteiger partial charge in [-0.15, -0.1) is 0 Å². The molecule has 0 radical (unpaired) electrons. The highest BCUT2D eigenvalue weighted by Crippen LogP contribution is 2.14. The fourth-order valence-corrected chi connectivity index (χ4v) is 2.17. The highest BCUT2D eigenvalue weighted by molar-refractivity contribution is 5.76. The normalized spacial score (nSPS) is 15.9. The predicted octanol–water partition coefficient (Wildman–Crippen LogP) is 1.73. The van der Waals surface area contributed by atoms with Crippen molar-refractivity contribution in [1.29, 1.82) is 0 Å². The van der Waals surface area contributed by atoms with Crippen molar-refractivity contribution < 1.29 is 4.79 Å². The first-order valence-corrected chi connectivity index (χ1v) is 6.55. The Bertz CT molecular complexity index is 433. The molecule has 1 aromatic heterocycles. The number of amides is 1. The number of aromatic nitrogens is 2. The van der Waals surface area contributed by atoms with Gasteiger partial charge in [0.25, 0.3) is 0 Å². The molecule has 0 unspecified atom stereocenters. The van der Waals surface area contributed by atoms with Crippen LogP contribution in [0.15, 0.2) is 6.07 Å². The second kappa shape index (κ2) is 5.80. The number of likely N-dealkylation sites (tertiary alicyclic amines) is 1. The third-order valence-electron chi connectivity index (χ3n) is 3.01. The van der Waals surface area contributed by atoms with Gasteiger partial charge >= 0.3 is 0 Å². The largest absolute Gasteiger partial charge is 0.370 e. The average molecular weight is 248 g/mol. The zero-order valence-electron chi connectivity index (χ0n) is 11.1. The van der Waals surface area contributed by atoms with Gasteiger partial charge in [0.2, 0.25) is 5.91 Å². The van der Waals surface area contributed by atoms with E-state index >= 15 is 0 Å². The maximum Gasteiger partial charge on any atom is 0.222 e. The zero-order valence-corrected chi connectivity index (χ0v) is 11.1. The van der Waals surface area contributed by atoms with E-state index in [-0.39, 0.29) is 5.91 Å². The molecule has 1 aromatic rings. The molecule has 0 atom stereocenters. The molecule has 1 fully saturated rings. The van der Waals surface area contributed by atoms with Crippen molar-refractivity contribution in [3.8, 4) is 0 Å². The van der Waals surface area contributed by atoms with Crippen molar-refractivity contribution in [1.82, 2.24) is 14.9 Å². The Kier molecular flexibility index (Phi) is 4.12. The molecule has 0 spiro atoms. The molecule has 2 heterocycles. The first-order chi connectivity index (χ1) is 8.69. The third-order valence-corrected chi connectivity index (χ3v) is 3.01. The average Bonchev–Trinajstić information content (AvgIpc) is 2.32. The topological polar surface area (TPSA) is 58.1 Å². The minimum absolute atomic E-state index is 0.219. The number of carbonyl (C=O) groups is 1. The molecule has 0 aliphatic carbocycles. The molecule has 5 nitrogen and oxygen atoms in total. The Morgan fingerprint density at radius 2 is 2.22 bits per heavy atom. The van der Waals surface area contributed by atoms with Crippen molar-refractivity contribution in [3.05, 3.63) is 17.6 Å². The molecule has 1 aliphatic heterocycles. The van der Waals surface area contributed by atoms with Gasteiger partial charge in [-0.2, -0.15) is 0 Å². The van der Waals surface area contributed by atoms with E-state index in [1.165, 1.54) is 0 Å². The molecule has 1 N–H and O–H groups in total. The third kappa shape index (κ3) is 3.18. The van der Waals surface area contributed by atoms with E-state index in [4.69, 9.17) is 0 Å². The number of hydrogen-bond donors (Lipinski definition) is 1. The van der Waals surface area contributed by atoms with Gasteiger partial charge in [0.15, 0.2) is 0 Å². The summed E-state index contributed by atoms with van der Waals surface area (Å²) < 4.78 is 0. The molecule has 98 valence electrons. The fourth-order valence-electron chi connectivity index (χ4n) is 2.17. The van der Waals surface area contributed by atoms with Crippen LogP contribution < -0.4 is 5.32 Å². The summed E-state index contributed by atoms with van der Waals surface area (Å²) in [7, 11) is 0. The predicted molar refractivity (Wildman–Crippen MR) is 70.2 cm³/mol. The quantitative estimate of drug-likeness (QED) is 0.881. The standard InChI is InChI=1S/C13H20N4O/c1-3-14-11-8-10(2)15-12(16-11)9-17-7-5-4-6-13(17)18/h8H,3-7,9H2,1-2H3,(H,14,15,16). The number of piperidine rings is 1. The minimum Gasteiger partial charge on any atom is -0.370 e. The Labute approximate surface area is 108 Å². The van der Waals surface area contributed by atoms with Crippen LogP contribution in [-0.2, 0) is 11.3 Å². The zero-order chi connectivity index (χ0) is 13.0. The van der Waals surface area contributed by atoms with Gasteiger partial charge in [0.1, 0.15) is 11.6 Å². The van der Waals surface area contributed by atoms with E-state index in [9.17, 15) is 4.79 Å². The molecule has 18 heavy (non-hydrogen) atoms. The summed E-state index contributed by atoms with van der Waals surface area (Å²) in [5.74, 6) is 1.78. The number of carbonyl (C=O) groups excluding carboxylic acids is 1. The van der Waals surface area contributed by atoms with Crippen molar-refractivity contribution >= 4 is 11.7 Å². The molecule has 0 saturated carbocycles. The van der Waals surface area contributed by atoms with E-state index in [0.29, 0.717) is 13.0 Å². The number of nitrogens with zero attached hydrogens (tertiary/aromatic N) is 3. The summed E-state index contributed by atoms with van der Waals surface area (Å²) in [6.45, 7) is 6.17. The monoisotopic (exact) mass is 248 g/mol. The van der Waals surface area contributed by atoms with Crippen LogP contribution in [0, 0.1) is 6.92 Å². The van der Waals surface area contributed by atoms with Crippen molar-refractivity contribution in [2.75, 3.05) is 18.4 Å². The first kappa shape index (κ1) is 12.8. The Morgan fingerprint density at radius 1 is 1.39 bits per heavy atom. The smallest absolute Gasteiger partial charge is 0.222 e. The number of anilines is 1. The van der Waals surface area contributed by atoms with Gasteiger partial charge in [-0.1, -0.05) is 0 Å². The number of hydrogen-bond acceptors (Lipinski definition) is 4. The molecule has 1 aliphatic rings. The van der Waals surface area contributed by atoms with Crippen LogP contribution in [-0.4, -0.2) is 33.9 Å². The Balaban J connectivity index is 2.10. The van der Waals surface area contributed by atoms with Crippen LogP contribution in [0.4, 0.5) is 5.82 Å². The summed E-state index contributed by atoms with van der Waals surface area (Å²) >= 11 is 0.